The lowest BCUT2D eigenvalue weighted by atomic mass is 10.4. The molecule has 1 rings (SSSR count). The highest BCUT2D eigenvalue weighted by molar-refractivity contribution is 5.46. The third kappa shape index (κ3) is 4.02. The topological polar surface area (TPSA) is 53.1 Å². The fraction of sp³-hybridized carbons (Fsp3) is 0.636. The molecule has 0 saturated carbocycles. The van der Waals surface area contributed by atoms with Gasteiger partial charge in [0.1, 0.15) is 17.5 Å². The van der Waals surface area contributed by atoms with Crippen molar-refractivity contribution in [2.45, 2.75) is 26.7 Å². The Morgan fingerprint density at radius 3 is 2.44 bits per heavy atom. The van der Waals surface area contributed by atoms with Crippen molar-refractivity contribution in [1.29, 1.82) is 0 Å². The van der Waals surface area contributed by atoms with Gasteiger partial charge in [0.25, 0.3) is 0 Å². The van der Waals surface area contributed by atoms with E-state index >= 15 is 0 Å². The van der Waals surface area contributed by atoms with E-state index in [9.17, 15) is 0 Å². The summed E-state index contributed by atoms with van der Waals surface area (Å²) in [6, 6.07) is 1.93. The van der Waals surface area contributed by atoms with Crippen molar-refractivity contribution in [2.75, 3.05) is 31.4 Å². The lowest BCUT2D eigenvalue weighted by Crippen LogP contribution is -2.21. The molecule has 0 aliphatic heterocycles. The van der Waals surface area contributed by atoms with Crippen LogP contribution in [0.3, 0.4) is 0 Å². The molecule has 0 bridgehead atoms. The summed E-state index contributed by atoms with van der Waals surface area (Å²) in [5.41, 5.74) is 3.14. The molecule has 0 aromatic carbocycles. The van der Waals surface area contributed by atoms with Crippen LogP contribution in [0.5, 0.6) is 0 Å². The average molecular weight is 223 g/mol. The van der Waals surface area contributed by atoms with Crippen molar-refractivity contribution >= 4 is 11.6 Å². The summed E-state index contributed by atoms with van der Waals surface area (Å²) in [5.74, 6) is 2.57. The Bertz CT molecular complexity index is 324. The monoisotopic (exact) mass is 223 g/mol. The first-order valence-electron chi connectivity index (χ1n) is 5.71. The second-order valence-electron chi connectivity index (χ2n) is 3.84. The van der Waals surface area contributed by atoms with Gasteiger partial charge >= 0.3 is 0 Å². The van der Waals surface area contributed by atoms with Crippen LogP contribution >= 0.6 is 0 Å². The van der Waals surface area contributed by atoms with Gasteiger partial charge in [0.2, 0.25) is 0 Å². The predicted molar refractivity (Wildman–Crippen MR) is 67.5 cm³/mol. The standard InChI is InChI=1S/C11H21N5/c1-5-7-12-10-8-11(15-16(3)4)14-9(6-2)13-10/h8H,5-7H2,1-4H3,(H2,12,13,14,15). The van der Waals surface area contributed by atoms with E-state index in [4.69, 9.17) is 0 Å². The van der Waals surface area contributed by atoms with Crippen molar-refractivity contribution in [2.24, 2.45) is 0 Å². The van der Waals surface area contributed by atoms with Crippen LogP contribution < -0.4 is 10.7 Å². The molecule has 0 amide bonds. The van der Waals surface area contributed by atoms with Crippen molar-refractivity contribution in [1.82, 2.24) is 15.0 Å². The molecule has 1 aromatic rings. The van der Waals surface area contributed by atoms with E-state index in [1.807, 2.05) is 25.2 Å². The minimum Gasteiger partial charge on any atom is -0.370 e. The first kappa shape index (κ1) is 12.7. The minimum atomic E-state index is 0.829. The molecular formula is C11H21N5. The number of hydrazine groups is 1. The first-order valence-corrected chi connectivity index (χ1v) is 5.71. The molecule has 0 atom stereocenters. The Hall–Kier alpha value is -1.36. The van der Waals surface area contributed by atoms with E-state index in [0.29, 0.717) is 0 Å². The Kier molecular flexibility index (Phi) is 4.98. The Morgan fingerprint density at radius 2 is 1.88 bits per heavy atom. The third-order valence-corrected chi connectivity index (χ3v) is 1.98. The van der Waals surface area contributed by atoms with E-state index in [0.717, 1.165) is 36.8 Å². The highest BCUT2D eigenvalue weighted by Gasteiger charge is 2.03. The Morgan fingerprint density at radius 1 is 1.19 bits per heavy atom. The first-order chi connectivity index (χ1) is 7.65. The lowest BCUT2D eigenvalue weighted by Gasteiger charge is -2.14. The van der Waals surface area contributed by atoms with Crippen LogP contribution in [0.25, 0.3) is 0 Å². The van der Waals surface area contributed by atoms with E-state index < -0.39 is 0 Å². The van der Waals surface area contributed by atoms with Crippen molar-refractivity contribution in [3.63, 3.8) is 0 Å². The van der Waals surface area contributed by atoms with Gasteiger partial charge in [-0.3, -0.25) is 0 Å². The largest absolute Gasteiger partial charge is 0.370 e. The van der Waals surface area contributed by atoms with Crippen LogP contribution in [0.2, 0.25) is 0 Å². The zero-order valence-corrected chi connectivity index (χ0v) is 10.5. The molecule has 5 heteroatoms. The summed E-state index contributed by atoms with van der Waals surface area (Å²) < 4.78 is 0. The molecule has 1 aromatic heterocycles. The molecule has 0 spiro atoms. The number of hydrogen-bond acceptors (Lipinski definition) is 5. The minimum absolute atomic E-state index is 0.829. The number of aromatic nitrogens is 2. The summed E-state index contributed by atoms with van der Waals surface area (Å²) in [4.78, 5) is 8.81. The highest BCUT2D eigenvalue weighted by Crippen LogP contribution is 2.11. The summed E-state index contributed by atoms with van der Waals surface area (Å²) >= 11 is 0. The van der Waals surface area contributed by atoms with E-state index in [1.165, 1.54) is 0 Å². The second kappa shape index (κ2) is 6.27. The fourth-order valence-corrected chi connectivity index (χ4v) is 1.29. The summed E-state index contributed by atoms with van der Waals surface area (Å²) in [6.45, 7) is 5.12. The molecule has 0 unspecified atom stereocenters. The maximum Gasteiger partial charge on any atom is 0.146 e. The van der Waals surface area contributed by atoms with Gasteiger partial charge in [0, 0.05) is 33.1 Å². The van der Waals surface area contributed by atoms with Gasteiger partial charge in [-0.25, -0.2) is 15.0 Å². The molecule has 0 aliphatic carbocycles. The third-order valence-electron chi connectivity index (χ3n) is 1.98. The number of aryl methyl sites for hydroxylation is 1. The lowest BCUT2D eigenvalue weighted by molar-refractivity contribution is 0.491. The SMILES string of the molecule is CCCNc1cc(NN(C)C)nc(CC)n1. The van der Waals surface area contributed by atoms with Gasteiger partial charge in [-0.05, 0) is 6.42 Å². The second-order valence-corrected chi connectivity index (χ2v) is 3.84. The van der Waals surface area contributed by atoms with E-state index in [2.05, 4.69) is 34.6 Å². The van der Waals surface area contributed by atoms with Crippen molar-refractivity contribution in [3.8, 4) is 0 Å². The van der Waals surface area contributed by atoms with Crippen LogP contribution in [0.4, 0.5) is 11.6 Å². The molecule has 1 heterocycles. The molecule has 16 heavy (non-hydrogen) atoms. The van der Waals surface area contributed by atoms with Crippen LogP contribution in [-0.2, 0) is 6.42 Å². The summed E-state index contributed by atoms with van der Waals surface area (Å²) in [6.07, 6.45) is 1.92. The zero-order valence-electron chi connectivity index (χ0n) is 10.5. The normalized spacial score (nSPS) is 10.6. The smallest absolute Gasteiger partial charge is 0.146 e. The van der Waals surface area contributed by atoms with Crippen LogP contribution in [0.15, 0.2) is 6.07 Å². The molecule has 5 nitrogen and oxygen atoms in total. The number of anilines is 2. The van der Waals surface area contributed by atoms with Crippen LogP contribution in [0.1, 0.15) is 26.1 Å². The summed E-state index contributed by atoms with van der Waals surface area (Å²) in [5, 5.41) is 5.14. The van der Waals surface area contributed by atoms with Gasteiger partial charge in [-0.15, -0.1) is 0 Å². The molecule has 0 aliphatic rings. The van der Waals surface area contributed by atoms with Gasteiger partial charge < -0.3 is 10.7 Å². The van der Waals surface area contributed by atoms with Crippen LogP contribution in [0, 0.1) is 0 Å². The quantitative estimate of drug-likeness (QED) is 0.720. The van der Waals surface area contributed by atoms with Crippen molar-refractivity contribution < 1.29 is 0 Å². The average Bonchev–Trinajstić information content (AvgIpc) is 2.25. The molecule has 0 radical (unpaired) electrons. The summed E-state index contributed by atoms with van der Waals surface area (Å²) in [7, 11) is 3.87. The molecule has 0 saturated heterocycles. The highest BCUT2D eigenvalue weighted by atomic mass is 15.5. The van der Waals surface area contributed by atoms with Crippen molar-refractivity contribution in [3.05, 3.63) is 11.9 Å². The number of rotatable bonds is 6. The molecule has 0 fully saturated rings. The van der Waals surface area contributed by atoms with E-state index in [1.54, 1.807) is 0 Å². The number of nitrogens with one attached hydrogen (secondary N) is 2. The molecular weight excluding hydrogens is 202 g/mol. The number of hydrogen-bond donors (Lipinski definition) is 2. The predicted octanol–water partition coefficient (Wildman–Crippen LogP) is 1.75. The maximum absolute atomic E-state index is 4.42. The Balaban J connectivity index is 2.82. The van der Waals surface area contributed by atoms with Gasteiger partial charge in [-0.1, -0.05) is 13.8 Å². The number of nitrogens with zero attached hydrogens (tertiary/aromatic N) is 3. The molecule has 90 valence electrons. The van der Waals surface area contributed by atoms with Gasteiger partial charge in [0.15, 0.2) is 0 Å². The Labute approximate surface area is 97.3 Å². The maximum atomic E-state index is 4.42. The van der Waals surface area contributed by atoms with Gasteiger partial charge in [0.05, 0.1) is 0 Å². The van der Waals surface area contributed by atoms with E-state index in [-0.39, 0.29) is 0 Å². The van der Waals surface area contributed by atoms with Gasteiger partial charge in [-0.2, -0.15) is 0 Å². The zero-order chi connectivity index (χ0) is 12.0. The fourth-order valence-electron chi connectivity index (χ4n) is 1.29. The van der Waals surface area contributed by atoms with Crippen LogP contribution in [-0.4, -0.2) is 35.6 Å². The molecule has 2 N–H and O–H groups in total.